The number of benzene rings is 1. The molecule has 2 heteroatoms. The average molecular weight is 268 g/mol. The van der Waals surface area contributed by atoms with Crippen LogP contribution in [0.5, 0.6) is 0 Å². The van der Waals surface area contributed by atoms with Crippen LogP contribution in [0.15, 0.2) is 24.3 Å². The molecule has 0 amide bonds. The molecule has 0 spiro atoms. The van der Waals surface area contributed by atoms with Crippen molar-refractivity contribution in [3.05, 3.63) is 35.4 Å². The topological polar surface area (TPSA) is 35.8 Å². The van der Waals surface area contributed by atoms with Crippen LogP contribution in [0, 0.1) is 29.1 Å². The van der Waals surface area contributed by atoms with E-state index < -0.39 is 0 Å². The van der Waals surface area contributed by atoms with Crippen molar-refractivity contribution < 1.29 is 0 Å². The molecule has 1 N–H and O–H groups in total. The number of hydrogen-bond acceptors (Lipinski definition) is 2. The van der Waals surface area contributed by atoms with E-state index in [2.05, 4.69) is 31.3 Å². The molecule has 0 saturated heterocycles. The van der Waals surface area contributed by atoms with Crippen molar-refractivity contribution in [1.82, 2.24) is 5.32 Å². The van der Waals surface area contributed by atoms with Gasteiger partial charge in [0.2, 0.25) is 0 Å². The van der Waals surface area contributed by atoms with Crippen LogP contribution in [0.1, 0.15) is 56.7 Å². The van der Waals surface area contributed by atoms with Crippen molar-refractivity contribution in [3.63, 3.8) is 0 Å². The average Bonchev–Trinajstić information content (AvgIpc) is 3.10. The molecular weight excluding hydrogens is 244 g/mol. The Balaban J connectivity index is 1.63. The maximum atomic E-state index is 9.00. The lowest BCUT2D eigenvalue weighted by molar-refractivity contribution is 0.248. The first-order valence-electron chi connectivity index (χ1n) is 7.93. The summed E-state index contributed by atoms with van der Waals surface area (Å²) in [5, 5.41) is 12.8. The Kier molecular flexibility index (Phi) is 3.81. The van der Waals surface area contributed by atoms with Gasteiger partial charge < -0.3 is 5.32 Å². The molecule has 20 heavy (non-hydrogen) atoms. The van der Waals surface area contributed by atoms with Crippen LogP contribution in [-0.4, -0.2) is 6.04 Å². The third-order valence-corrected chi connectivity index (χ3v) is 5.46. The van der Waals surface area contributed by atoms with Gasteiger partial charge in [0, 0.05) is 12.1 Å². The van der Waals surface area contributed by atoms with E-state index >= 15 is 0 Å². The lowest BCUT2D eigenvalue weighted by Gasteiger charge is -2.31. The number of fused-ring (bicyclic) bond motifs is 2. The summed E-state index contributed by atoms with van der Waals surface area (Å²) < 4.78 is 0. The van der Waals surface area contributed by atoms with Gasteiger partial charge in [-0.05, 0) is 68.6 Å². The molecule has 0 aromatic heterocycles. The predicted octanol–water partition coefficient (Wildman–Crippen LogP) is 4.03. The largest absolute Gasteiger partial charge is 0.307 e. The van der Waals surface area contributed by atoms with Crippen molar-refractivity contribution in [1.29, 1.82) is 5.26 Å². The van der Waals surface area contributed by atoms with E-state index in [-0.39, 0.29) is 0 Å². The van der Waals surface area contributed by atoms with Crippen LogP contribution in [0.2, 0.25) is 0 Å². The van der Waals surface area contributed by atoms with Crippen LogP contribution in [0.4, 0.5) is 0 Å². The maximum absolute atomic E-state index is 9.00. The highest BCUT2D eigenvalue weighted by Crippen LogP contribution is 2.49. The van der Waals surface area contributed by atoms with Gasteiger partial charge in [-0.2, -0.15) is 5.26 Å². The van der Waals surface area contributed by atoms with E-state index in [1.54, 1.807) is 0 Å². The first-order valence-corrected chi connectivity index (χ1v) is 7.93. The molecule has 2 nitrogen and oxygen atoms in total. The smallest absolute Gasteiger partial charge is 0.0991 e. The fourth-order valence-corrected chi connectivity index (χ4v) is 4.40. The molecule has 106 valence electrons. The van der Waals surface area contributed by atoms with Gasteiger partial charge in [0.15, 0.2) is 0 Å². The number of nitrogens with zero attached hydrogens (tertiary/aromatic N) is 1. The van der Waals surface area contributed by atoms with E-state index in [1.807, 2.05) is 18.2 Å². The third-order valence-electron chi connectivity index (χ3n) is 5.46. The Morgan fingerprint density at radius 3 is 2.75 bits per heavy atom. The molecule has 1 aromatic rings. The minimum absolute atomic E-state index is 0.317. The van der Waals surface area contributed by atoms with Crippen LogP contribution < -0.4 is 5.32 Å². The first-order chi connectivity index (χ1) is 9.67. The molecule has 2 aliphatic rings. The maximum Gasteiger partial charge on any atom is 0.0991 e. The van der Waals surface area contributed by atoms with Crippen molar-refractivity contribution in [3.8, 4) is 6.07 Å². The molecule has 1 aromatic carbocycles. The van der Waals surface area contributed by atoms with Gasteiger partial charge in [-0.25, -0.2) is 0 Å². The summed E-state index contributed by atoms with van der Waals surface area (Å²) in [5.41, 5.74) is 1.97. The summed E-state index contributed by atoms with van der Waals surface area (Å²) in [4.78, 5) is 0. The third kappa shape index (κ3) is 2.60. The fourth-order valence-electron chi connectivity index (χ4n) is 4.40. The monoisotopic (exact) mass is 268 g/mol. The highest BCUT2D eigenvalue weighted by molar-refractivity contribution is 5.34. The summed E-state index contributed by atoms with van der Waals surface area (Å²) >= 11 is 0. The molecule has 5 unspecified atom stereocenters. The van der Waals surface area contributed by atoms with E-state index in [9.17, 15) is 0 Å². The summed E-state index contributed by atoms with van der Waals surface area (Å²) in [6.07, 6.45) is 5.80. The molecule has 2 fully saturated rings. The Morgan fingerprint density at radius 2 is 2.10 bits per heavy atom. The van der Waals surface area contributed by atoms with E-state index in [4.69, 9.17) is 5.26 Å². The fraction of sp³-hybridized carbons (Fsp3) is 0.611. The number of nitriles is 1. The second kappa shape index (κ2) is 5.58. The van der Waals surface area contributed by atoms with Crippen LogP contribution in [0.25, 0.3) is 0 Å². The van der Waals surface area contributed by atoms with Gasteiger partial charge in [-0.1, -0.05) is 18.6 Å². The van der Waals surface area contributed by atoms with Crippen LogP contribution in [0.3, 0.4) is 0 Å². The summed E-state index contributed by atoms with van der Waals surface area (Å²) in [5.74, 6) is 2.82. The van der Waals surface area contributed by atoms with Crippen molar-refractivity contribution in [2.24, 2.45) is 17.8 Å². The second-order valence-corrected chi connectivity index (χ2v) is 6.75. The number of hydrogen-bond donors (Lipinski definition) is 1. The quantitative estimate of drug-likeness (QED) is 0.894. The standard InChI is InChI=1S/C18H24N2/c1-12(16-5-3-4-15(9-16)11-19)20-13(2)18-10-14-6-7-17(18)8-14/h3-5,9,12-14,17-18,20H,6-8,10H2,1-2H3. The van der Waals surface area contributed by atoms with Crippen molar-refractivity contribution in [2.45, 2.75) is 51.6 Å². The van der Waals surface area contributed by atoms with E-state index in [0.717, 1.165) is 23.3 Å². The van der Waals surface area contributed by atoms with E-state index in [1.165, 1.54) is 31.2 Å². The zero-order valence-corrected chi connectivity index (χ0v) is 12.5. The molecule has 2 aliphatic carbocycles. The van der Waals surface area contributed by atoms with Gasteiger partial charge in [-0.3, -0.25) is 0 Å². The molecule has 2 saturated carbocycles. The van der Waals surface area contributed by atoms with Crippen LogP contribution in [-0.2, 0) is 0 Å². The molecule has 5 atom stereocenters. The van der Waals surface area contributed by atoms with Gasteiger partial charge >= 0.3 is 0 Å². The van der Waals surface area contributed by atoms with Gasteiger partial charge in [-0.15, -0.1) is 0 Å². The van der Waals surface area contributed by atoms with Crippen molar-refractivity contribution in [2.75, 3.05) is 0 Å². The summed E-state index contributed by atoms with van der Waals surface area (Å²) in [6, 6.07) is 11.1. The van der Waals surface area contributed by atoms with Gasteiger partial charge in [0.05, 0.1) is 11.6 Å². The normalized spacial score (nSPS) is 30.9. The zero-order chi connectivity index (χ0) is 14.1. The minimum Gasteiger partial charge on any atom is -0.307 e. The lowest BCUT2D eigenvalue weighted by Crippen LogP contribution is -2.37. The lowest BCUT2D eigenvalue weighted by atomic mass is 9.83. The molecule has 2 bridgehead atoms. The molecular formula is C18H24N2. The molecule has 3 rings (SSSR count). The summed E-state index contributed by atoms with van der Waals surface area (Å²) in [7, 11) is 0. The molecule has 0 aliphatic heterocycles. The number of nitrogens with one attached hydrogen (secondary N) is 1. The predicted molar refractivity (Wildman–Crippen MR) is 81.1 cm³/mol. The Hall–Kier alpha value is -1.33. The highest BCUT2D eigenvalue weighted by Gasteiger charge is 2.41. The Labute approximate surface area is 122 Å². The van der Waals surface area contributed by atoms with Crippen molar-refractivity contribution >= 4 is 0 Å². The number of rotatable bonds is 4. The SMILES string of the molecule is CC(NC(C)C1CC2CCC1C2)c1cccc(C#N)c1. The highest BCUT2D eigenvalue weighted by atomic mass is 14.9. The van der Waals surface area contributed by atoms with Gasteiger partial charge in [0.25, 0.3) is 0 Å². The molecule has 0 radical (unpaired) electrons. The van der Waals surface area contributed by atoms with E-state index in [0.29, 0.717) is 12.1 Å². The first kappa shape index (κ1) is 13.6. The summed E-state index contributed by atoms with van der Waals surface area (Å²) in [6.45, 7) is 4.55. The Bertz CT molecular complexity index is 516. The second-order valence-electron chi connectivity index (χ2n) is 6.75. The van der Waals surface area contributed by atoms with Gasteiger partial charge in [0.1, 0.15) is 0 Å². The minimum atomic E-state index is 0.317. The molecule has 0 heterocycles. The van der Waals surface area contributed by atoms with Crippen LogP contribution >= 0.6 is 0 Å². The Morgan fingerprint density at radius 1 is 1.25 bits per heavy atom. The zero-order valence-electron chi connectivity index (χ0n) is 12.5.